The number of nitrogens with zero attached hydrogens (tertiary/aromatic N) is 4. The number of anilines is 1. The Labute approximate surface area is 349 Å². The van der Waals surface area contributed by atoms with Gasteiger partial charge in [-0.25, -0.2) is 9.78 Å². The summed E-state index contributed by atoms with van der Waals surface area (Å²) in [5.41, 5.74) is 4.31. The first-order valence-corrected chi connectivity index (χ1v) is 20.6. The molecule has 59 heavy (non-hydrogen) atoms. The smallest absolute Gasteiger partial charge is 0.333 e. The maximum absolute atomic E-state index is 14.0. The second-order valence-corrected chi connectivity index (χ2v) is 15.8. The van der Waals surface area contributed by atoms with Crippen molar-refractivity contribution in [3.63, 3.8) is 0 Å². The van der Waals surface area contributed by atoms with Crippen molar-refractivity contribution in [3.05, 3.63) is 160 Å². The molecule has 0 radical (unpaired) electrons. The number of benzene rings is 4. The van der Waals surface area contributed by atoms with Gasteiger partial charge in [-0.2, -0.15) is 0 Å². The minimum atomic E-state index is -1.08. The van der Waals surface area contributed by atoms with Crippen LogP contribution in [0.3, 0.4) is 0 Å². The Kier molecular flexibility index (Phi) is 11.5. The van der Waals surface area contributed by atoms with E-state index in [9.17, 15) is 14.4 Å². The summed E-state index contributed by atoms with van der Waals surface area (Å²) in [4.78, 5) is 58.9. The molecule has 4 aromatic carbocycles. The second-order valence-electron chi connectivity index (χ2n) is 14.0. The number of aromatic nitrogens is 1. The standard InChI is InChI=1S/C44H40N6O7S2/c1-27-23-35(57-48-27)33-25-58-41-37(40(52)50(41)38(33)42(53)56-24-28-19-21-32(54-2)22-20-28)46-39(51)36(49-55-3)34-26-59-43(45-34)47-44(29-13-7-4-8-14-29,30-15-9-5-10-16-30)31-17-11-6-12-18-31/h4-22,25-26,35,37-38,41H,23-24H2,1-3H3,(H,45,47)(H,46,51)/b49-36-/t35-,37?,38?,41?/m1/s1. The first kappa shape index (κ1) is 39.4. The van der Waals surface area contributed by atoms with Crippen LogP contribution in [-0.2, 0) is 40.9 Å². The summed E-state index contributed by atoms with van der Waals surface area (Å²) in [5.74, 6) is -1.07. The maximum Gasteiger partial charge on any atom is 0.333 e. The molecule has 3 aliphatic rings. The summed E-state index contributed by atoms with van der Waals surface area (Å²) in [6, 6.07) is 35.4. The first-order valence-electron chi connectivity index (χ1n) is 18.8. The van der Waals surface area contributed by atoms with E-state index in [2.05, 4.69) is 57.3 Å². The second kappa shape index (κ2) is 17.2. The summed E-state index contributed by atoms with van der Waals surface area (Å²) in [6.07, 6.45) is -0.0767. The van der Waals surface area contributed by atoms with Crippen LogP contribution in [-0.4, -0.2) is 76.9 Å². The fourth-order valence-electron chi connectivity index (χ4n) is 7.43. The molecule has 4 atom stereocenters. The Morgan fingerprint density at radius 3 is 2.10 bits per heavy atom. The summed E-state index contributed by atoms with van der Waals surface area (Å²) < 4.78 is 11.0. The predicted octanol–water partition coefficient (Wildman–Crippen LogP) is 6.47. The van der Waals surface area contributed by atoms with Gasteiger partial charge in [0, 0.05) is 17.4 Å². The highest BCUT2D eigenvalue weighted by molar-refractivity contribution is 8.03. The zero-order chi connectivity index (χ0) is 40.9. The summed E-state index contributed by atoms with van der Waals surface area (Å²) in [5, 5.41) is 18.1. The van der Waals surface area contributed by atoms with Gasteiger partial charge in [-0.3, -0.25) is 9.59 Å². The first-order chi connectivity index (χ1) is 28.8. The van der Waals surface area contributed by atoms with E-state index in [0.29, 0.717) is 22.9 Å². The topological polar surface area (TPSA) is 153 Å². The number of rotatable bonds is 14. The van der Waals surface area contributed by atoms with E-state index in [1.807, 2.05) is 66.9 Å². The lowest BCUT2D eigenvalue weighted by atomic mass is 9.77. The predicted molar refractivity (Wildman–Crippen MR) is 226 cm³/mol. The Morgan fingerprint density at radius 2 is 1.54 bits per heavy atom. The number of carbonyl (C=O) groups is 3. The molecule has 3 aliphatic heterocycles. The quantitative estimate of drug-likeness (QED) is 0.0419. The highest BCUT2D eigenvalue weighted by atomic mass is 32.2. The van der Waals surface area contributed by atoms with Crippen molar-refractivity contribution in [2.24, 2.45) is 10.3 Å². The van der Waals surface area contributed by atoms with E-state index in [4.69, 9.17) is 24.1 Å². The molecule has 0 bridgehead atoms. The molecule has 13 nitrogen and oxygen atoms in total. The van der Waals surface area contributed by atoms with Gasteiger partial charge in [-0.05, 0) is 46.7 Å². The lowest BCUT2D eigenvalue weighted by Gasteiger charge is -2.52. The third kappa shape index (κ3) is 7.78. The van der Waals surface area contributed by atoms with Gasteiger partial charge in [0.2, 0.25) is 5.91 Å². The Morgan fingerprint density at radius 1 is 0.915 bits per heavy atom. The highest BCUT2D eigenvalue weighted by Crippen LogP contribution is 2.44. The average Bonchev–Trinajstić information content (AvgIpc) is 3.94. The van der Waals surface area contributed by atoms with Crippen LogP contribution in [0.25, 0.3) is 0 Å². The maximum atomic E-state index is 14.0. The van der Waals surface area contributed by atoms with Crippen molar-refractivity contribution < 1.29 is 33.5 Å². The molecule has 15 heteroatoms. The fraction of sp³-hybridized carbons (Fsp3) is 0.227. The van der Waals surface area contributed by atoms with Crippen LogP contribution in [0.15, 0.2) is 142 Å². The summed E-state index contributed by atoms with van der Waals surface area (Å²) in [7, 11) is 2.91. The molecule has 0 saturated carbocycles. The van der Waals surface area contributed by atoms with Gasteiger partial charge in [-0.1, -0.05) is 113 Å². The number of carbonyl (C=O) groups excluding carboxylic acids is 3. The molecule has 5 aromatic rings. The van der Waals surface area contributed by atoms with E-state index < -0.39 is 46.9 Å². The number of oxime groups is 2. The lowest BCUT2D eigenvalue weighted by molar-refractivity contribution is -0.164. The van der Waals surface area contributed by atoms with E-state index in [-0.39, 0.29) is 18.0 Å². The Bertz CT molecular complexity index is 2310. The molecule has 3 unspecified atom stereocenters. The van der Waals surface area contributed by atoms with Crippen molar-refractivity contribution in [2.75, 3.05) is 19.5 Å². The van der Waals surface area contributed by atoms with Crippen molar-refractivity contribution in [1.29, 1.82) is 0 Å². The number of thioether (sulfide) groups is 1. The van der Waals surface area contributed by atoms with E-state index >= 15 is 0 Å². The molecule has 300 valence electrons. The van der Waals surface area contributed by atoms with Crippen LogP contribution in [0.4, 0.5) is 5.13 Å². The molecule has 1 aromatic heterocycles. The third-order valence-electron chi connectivity index (χ3n) is 10.3. The number of thiazole rings is 1. The minimum absolute atomic E-state index is 0.0157. The van der Waals surface area contributed by atoms with Crippen molar-refractivity contribution >= 4 is 57.4 Å². The molecular weight excluding hydrogens is 789 g/mol. The largest absolute Gasteiger partial charge is 0.497 e. The van der Waals surface area contributed by atoms with Gasteiger partial charge in [0.05, 0.1) is 12.8 Å². The van der Waals surface area contributed by atoms with Crippen molar-refractivity contribution in [1.82, 2.24) is 15.2 Å². The van der Waals surface area contributed by atoms with Gasteiger partial charge in [0.25, 0.3) is 5.91 Å². The third-order valence-corrected chi connectivity index (χ3v) is 12.3. The number of amides is 2. The number of β-lactam (4-membered cyclic amide) rings is 1. The van der Waals surface area contributed by atoms with Crippen LogP contribution in [0.1, 0.15) is 41.3 Å². The molecule has 1 saturated heterocycles. The van der Waals surface area contributed by atoms with Crippen LogP contribution in [0, 0.1) is 0 Å². The van der Waals surface area contributed by atoms with E-state index in [1.54, 1.807) is 36.8 Å². The van der Waals surface area contributed by atoms with Crippen LogP contribution < -0.4 is 15.4 Å². The van der Waals surface area contributed by atoms with Gasteiger partial charge >= 0.3 is 5.97 Å². The lowest BCUT2D eigenvalue weighted by Crippen LogP contribution is -2.74. The van der Waals surface area contributed by atoms with Gasteiger partial charge < -0.3 is 34.7 Å². The van der Waals surface area contributed by atoms with Crippen LogP contribution >= 0.6 is 23.1 Å². The van der Waals surface area contributed by atoms with Gasteiger partial charge in [-0.15, -0.1) is 23.1 Å². The fourth-order valence-corrected chi connectivity index (χ4v) is 9.46. The molecule has 2 amide bonds. The number of esters is 1. The van der Waals surface area contributed by atoms with Crippen molar-refractivity contribution in [3.8, 4) is 5.75 Å². The number of fused-ring (bicyclic) bond motifs is 1. The molecule has 4 heterocycles. The monoisotopic (exact) mass is 828 g/mol. The molecule has 2 N–H and O–H groups in total. The van der Waals surface area contributed by atoms with Gasteiger partial charge in [0.15, 0.2) is 23.0 Å². The van der Waals surface area contributed by atoms with E-state index in [0.717, 1.165) is 28.0 Å². The molecule has 0 aliphatic carbocycles. The number of hydrogen-bond acceptors (Lipinski definition) is 13. The van der Waals surface area contributed by atoms with Crippen LogP contribution in [0.5, 0.6) is 5.75 Å². The number of nitrogens with one attached hydrogen (secondary N) is 2. The number of methoxy groups -OCH3 is 1. The zero-order valence-corrected chi connectivity index (χ0v) is 33.9. The Balaban J connectivity index is 1.03. The zero-order valence-electron chi connectivity index (χ0n) is 32.3. The summed E-state index contributed by atoms with van der Waals surface area (Å²) >= 11 is 2.61. The van der Waals surface area contributed by atoms with Crippen molar-refractivity contribution in [2.45, 2.75) is 49.1 Å². The van der Waals surface area contributed by atoms with Gasteiger partial charge in [0.1, 0.15) is 42.1 Å². The Hall–Kier alpha value is -6.45. The molecule has 1 fully saturated rings. The average molecular weight is 829 g/mol. The molecule has 8 rings (SSSR count). The minimum Gasteiger partial charge on any atom is -0.497 e. The number of hydrogen-bond donors (Lipinski definition) is 2. The highest BCUT2D eigenvalue weighted by Gasteiger charge is 2.58. The molecule has 0 spiro atoms. The van der Waals surface area contributed by atoms with E-state index in [1.165, 1.54) is 35.1 Å². The SMILES string of the molecule is CO/N=C(\C(=O)NC1C(=O)N2C(C(=O)OCc3ccc(OC)cc3)C([C@H]3CC(C)=NO3)=CSC12)c1csc(NC(c2ccccc2)(c2ccccc2)c2ccccc2)n1. The number of ether oxygens (including phenoxy) is 2. The molecular formula is C44H40N6O7S2. The summed E-state index contributed by atoms with van der Waals surface area (Å²) in [6.45, 7) is 1.82. The normalized spacial score (nSPS) is 19.9. The van der Waals surface area contributed by atoms with Crippen LogP contribution in [0.2, 0.25) is 0 Å².